The van der Waals surface area contributed by atoms with Crippen LogP contribution in [-0.4, -0.2) is 35.7 Å². The predicted molar refractivity (Wildman–Crippen MR) is 129 cm³/mol. The minimum absolute atomic E-state index is 0.00435. The Balaban J connectivity index is 1.40. The molecule has 9 nitrogen and oxygen atoms in total. The van der Waals surface area contributed by atoms with Gasteiger partial charge in [-0.05, 0) is 60.4 Å². The van der Waals surface area contributed by atoms with Crippen molar-refractivity contribution in [3.05, 3.63) is 88.6 Å². The number of aliphatic hydroxyl groups is 1. The molecule has 0 unspecified atom stereocenters. The Kier molecular flexibility index (Phi) is 6.93. The normalized spacial score (nSPS) is 10.8. The Bertz CT molecular complexity index is 1280. The Morgan fingerprint density at radius 1 is 1.06 bits per heavy atom. The summed E-state index contributed by atoms with van der Waals surface area (Å²) in [5, 5.41) is 24.1. The zero-order valence-electron chi connectivity index (χ0n) is 19.4. The fraction of sp³-hybridized carbons (Fsp3) is 0.240. The number of hydrogen-bond acceptors (Lipinski definition) is 7. The van der Waals surface area contributed by atoms with E-state index in [1.165, 1.54) is 6.33 Å². The molecule has 1 amide bonds. The van der Waals surface area contributed by atoms with Crippen LogP contribution in [0.25, 0.3) is 11.5 Å². The van der Waals surface area contributed by atoms with Gasteiger partial charge in [-0.15, -0.1) is 10.2 Å². The summed E-state index contributed by atoms with van der Waals surface area (Å²) in [7, 11) is 1.88. The molecule has 0 saturated carbocycles. The maximum Gasteiger partial charge on any atom is 0.251 e. The van der Waals surface area contributed by atoms with Gasteiger partial charge in [-0.2, -0.15) is 0 Å². The third-order valence-corrected chi connectivity index (χ3v) is 5.72. The Hall–Kier alpha value is -4.11. The molecular formula is C25H27N7O2. The van der Waals surface area contributed by atoms with E-state index >= 15 is 0 Å². The number of rotatable bonds is 8. The van der Waals surface area contributed by atoms with Gasteiger partial charge in [0.1, 0.15) is 12.0 Å². The van der Waals surface area contributed by atoms with Crippen molar-refractivity contribution in [1.29, 1.82) is 0 Å². The van der Waals surface area contributed by atoms with E-state index in [0.29, 0.717) is 30.2 Å². The first-order valence-electron chi connectivity index (χ1n) is 10.9. The Labute approximate surface area is 197 Å². The molecular weight excluding hydrogens is 430 g/mol. The summed E-state index contributed by atoms with van der Waals surface area (Å²) in [6, 6.07) is 13.0. The van der Waals surface area contributed by atoms with Crippen molar-refractivity contribution >= 4 is 11.6 Å². The second-order valence-corrected chi connectivity index (χ2v) is 8.08. The second kappa shape index (κ2) is 10.2. The van der Waals surface area contributed by atoms with Crippen LogP contribution in [0, 0.1) is 13.8 Å². The minimum Gasteiger partial charge on any atom is -0.392 e. The topological polar surface area (TPSA) is 118 Å². The van der Waals surface area contributed by atoms with Gasteiger partial charge in [0.25, 0.3) is 5.91 Å². The zero-order chi connectivity index (χ0) is 24.1. The molecule has 2 aromatic carbocycles. The average molecular weight is 458 g/mol. The molecule has 0 aliphatic rings. The molecule has 34 heavy (non-hydrogen) atoms. The number of aliphatic hydroxyl groups excluding tert-OH is 1. The lowest BCUT2D eigenvalue weighted by atomic mass is 9.99. The van der Waals surface area contributed by atoms with Crippen molar-refractivity contribution in [2.24, 2.45) is 7.05 Å². The van der Waals surface area contributed by atoms with Crippen LogP contribution >= 0.6 is 0 Å². The molecule has 2 aromatic heterocycles. The number of nitrogens with zero attached hydrogens (tertiary/aromatic N) is 5. The van der Waals surface area contributed by atoms with E-state index in [0.717, 1.165) is 33.8 Å². The molecule has 2 heterocycles. The van der Waals surface area contributed by atoms with Crippen molar-refractivity contribution in [1.82, 2.24) is 30.0 Å². The lowest BCUT2D eigenvalue weighted by Gasteiger charge is -2.13. The fourth-order valence-corrected chi connectivity index (χ4v) is 3.84. The van der Waals surface area contributed by atoms with Gasteiger partial charge in [0.15, 0.2) is 11.6 Å². The third-order valence-electron chi connectivity index (χ3n) is 5.72. The highest BCUT2D eigenvalue weighted by Gasteiger charge is 2.13. The van der Waals surface area contributed by atoms with Gasteiger partial charge in [-0.1, -0.05) is 18.2 Å². The zero-order valence-corrected chi connectivity index (χ0v) is 19.4. The predicted octanol–water partition coefficient (Wildman–Crippen LogP) is 2.92. The van der Waals surface area contributed by atoms with E-state index in [1.807, 2.05) is 55.8 Å². The van der Waals surface area contributed by atoms with Crippen molar-refractivity contribution in [3.63, 3.8) is 0 Å². The summed E-state index contributed by atoms with van der Waals surface area (Å²) in [5.74, 6) is 1.24. The highest BCUT2D eigenvalue weighted by Crippen LogP contribution is 2.18. The Morgan fingerprint density at radius 2 is 1.85 bits per heavy atom. The van der Waals surface area contributed by atoms with E-state index in [4.69, 9.17) is 0 Å². The molecule has 0 saturated heterocycles. The summed E-state index contributed by atoms with van der Waals surface area (Å²) < 4.78 is 1.87. The molecule has 0 atom stereocenters. The minimum atomic E-state index is -0.154. The molecule has 0 bridgehead atoms. The van der Waals surface area contributed by atoms with Crippen molar-refractivity contribution in [2.45, 2.75) is 33.5 Å². The standard InChI is InChI=1S/C25H27N7O2/c1-16-9-18(14-33)10-17(2)21(16)12-28-25(34)19-5-4-6-20(11-19)27-13-23-30-31-24(32(23)3)22-7-8-26-15-29-22/h4-11,15,27,33H,12-14H2,1-3H3,(H,28,34). The Morgan fingerprint density at radius 3 is 2.56 bits per heavy atom. The third kappa shape index (κ3) is 5.10. The van der Waals surface area contributed by atoms with E-state index in [-0.39, 0.29) is 12.5 Å². The quantitative estimate of drug-likeness (QED) is 0.372. The SMILES string of the molecule is Cc1cc(CO)cc(C)c1CNC(=O)c1cccc(NCc2nnc(-c3ccncn3)n2C)c1. The molecule has 3 N–H and O–H groups in total. The maximum absolute atomic E-state index is 12.8. The van der Waals surface area contributed by atoms with Crippen LogP contribution in [0.5, 0.6) is 0 Å². The highest BCUT2D eigenvalue weighted by molar-refractivity contribution is 5.95. The largest absolute Gasteiger partial charge is 0.392 e. The molecule has 4 aromatic rings. The van der Waals surface area contributed by atoms with Gasteiger partial charge in [0.2, 0.25) is 0 Å². The number of anilines is 1. The van der Waals surface area contributed by atoms with Gasteiger partial charge < -0.3 is 20.3 Å². The second-order valence-electron chi connectivity index (χ2n) is 8.08. The van der Waals surface area contributed by atoms with Gasteiger partial charge in [0, 0.05) is 31.0 Å². The molecule has 174 valence electrons. The van der Waals surface area contributed by atoms with Crippen LogP contribution in [0.15, 0.2) is 55.0 Å². The molecule has 0 spiro atoms. The van der Waals surface area contributed by atoms with E-state index in [9.17, 15) is 9.90 Å². The van der Waals surface area contributed by atoms with Crippen LogP contribution in [-0.2, 0) is 26.7 Å². The van der Waals surface area contributed by atoms with Gasteiger partial charge in [-0.3, -0.25) is 4.79 Å². The lowest BCUT2D eigenvalue weighted by Crippen LogP contribution is -2.24. The number of carbonyl (C=O) groups is 1. The smallest absolute Gasteiger partial charge is 0.251 e. The molecule has 0 aliphatic carbocycles. The van der Waals surface area contributed by atoms with Gasteiger partial charge in [0.05, 0.1) is 13.2 Å². The van der Waals surface area contributed by atoms with Gasteiger partial charge in [-0.25, -0.2) is 9.97 Å². The summed E-state index contributed by atoms with van der Waals surface area (Å²) in [5.41, 5.74) is 6.09. The summed E-state index contributed by atoms with van der Waals surface area (Å²) >= 11 is 0. The number of hydrogen-bond donors (Lipinski definition) is 3. The van der Waals surface area contributed by atoms with Crippen LogP contribution < -0.4 is 10.6 Å². The molecule has 0 fully saturated rings. The van der Waals surface area contributed by atoms with E-state index < -0.39 is 0 Å². The number of aromatic nitrogens is 5. The monoisotopic (exact) mass is 457 g/mol. The first kappa shape index (κ1) is 23.1. The van der Waals surface area contributed by atoms with E-state index in [1.54, 1.807) is 18.3 Å². The lowest BCUT2D eigenvalue weighted by molar-refractivity contribution is 0.0951. The number of amides is 1. The molecule has 0 radical (unpaired) electrons. The van der Waals surface area contributed by atoms with Crippen molar-refractivity contribution < 1.29 is 9.90 Å². The molecule has 4 rings (SSSR count). The molecule has 9 heteroatoms. The number of aryl methyl sites for hydroxylation is 2. The highest BCUT2D eigenvalue weighted by atomic mass is 16.3. The summed E-state index contributed by atoms with van der Waals surface area (Å²) in [4.78, 5) is 20.9. The first-order valence-corrected chi connectivity index (χ1v) is 10.9. The van der Waals surface area contributed by atoms with Crippen LogP contribution in [0.2, 0.25) is 0 Å². The van der Waals surface area contributed by atoms with Crippen molar-refractivity contribution in [2.75, 3.05) is 5.32 Å². The maximum atomic E-state index is 12.8. The number of carbonyl (C=O) groups excluding carboxylic acids is 1. The molecule has 0 aliphatic heterocycles. The van der Waals surface area contributed by atoms with Crippen LogP contribution in [0.4, 0.5) is 5.69 Å². The number of benzene rings is 2. The van der Waals surface area contributed by atoms with Crippen LogP contribution in [0.3, 0.4) is 0 Å². The van der Waals surface area contributed by atoms with Crippen LogP contribution in [0.1, 0.15) is 38.4 Å². The average Bonchev–Trinajstić information content (AvgIpc) is 3.22. The number of nitrogens with one attached hydrogen (secondary N) is 2. The summed E-state index contributed by atoms with van der Waals surface area (Å²) in [6.45, 7) is 4.84. The van der Waals surface area contributed by atoms with Gasteiger partial charge >= 0.3 is 0 Å². The summed E-state index contributed by atoms with van der Waals surface area (Å²) in [6.07, 6.45) is 3.14. The fourth-order valence-electron chi connectivity index (χ4n) is 3.84. The first-order chi connectivity index (χ1) is 16.5. The van der Waals surface area contributed by atoms with Crippen molar-refractivity contribution in [3.8, 4) is 11.5 Å². The van der Waals surface area contributed by atoms with E-state index in [2.05, 4.69) is 30.8 Å².